The lowest BCUT2D eigenvalue weighted by molar-refractivity contribution is 0.620. The van der Waals surface area contributed by atoms with Crippen LogP contribution in [0.5, 0.6) is 0 Å². The lowest BCUT2D eigenvalue weighted by Gasteiger charge is -2.04. The summed E-state index contributed by atoms with van der Waals surface area (Å²) in [5.74, 6) is -0.354. The van der Waals surface area contributed by atoms with E-state index in [2.05, 4.69) is 0 Å². The highest BCUT2D eigenvalue weighted by Gasteiger charge is 2.06. The summed E-state index contributed by atoms with van der Waals surface area (Å²) in [6.07, 6.45) is 3.38. The predicted molar refractivity (Wildman–Crippen MR) is 64.9 cm³/mol. The van der Waals surface area contributed by atoms with Crippen LogP contribution in [0.4, 0.5) is 4.39 Å². The van der Waals surface area contributed by atoms with Gasteiger partial charge in [-0.05, 0) is 30.7 Å². The summed E-state index contributed by atoms with van der Waals surface area (Å²) in [5, 5.41) is 0.461. The Morgan fingerprint density at radius 3 is 2.65 bits per heavy atom. The Kier molecular flexibility index (Phi) is 3.33. The molecule has 2 rings (SSSR count). The third kappa shape index (κ3) is 2.42. The van der Waals surface area contributed by atoms with Gasteiger partial charge in [-0.2, -0.15) is 0 Å². The van der Waals surface area contributed by atoms with E-state index in [9.17, 15) is 9.18 Å². The summed E-state index contributed by atoms with van der Waals surface area (Å²) in [7, 11) is 0. The lowest BCUT2D eigenvalue weighted by atomic mass is 10.2. The number of halogens is 2. The second-order valence-corrected chi connectivity index (χ2v) is 4.14. The fraction of sp³-hybridized carbons (Fsp3) is 0.250. The minimum Gasteiger partial charge on any atom is -0.300 e. The Hall–Kier alpha value is -1.55. The van der Waals surface area contributed by atoms with Gasteiger partial charge in [-0.3, -0.25) is 9.13 Å². The molecule has 1 heterocycles. The van der Waals surface area contributed by atoms with Crippen LogP contribution in [0.2, 0.25) is 5.02 Å². The fourth-order valence-corrected chi connectivity index (χ4v) is 1.84. The van der Waals surface area contributed by atoms with Crippen molar-refractivity contribution in [3.8, 4) is 0 Å². The van der Waals surface area contributed by atoms with Gasteiger partial charge in [0.05, 0.1) is 6.54 Å². The highest BCUT2D eigenvalue weighted by atomic mass is 35.5. The molecule has 0 bridgehead atoms. The molecule has 90 valence electrons. The van der Waals surface area contributed by atoms with Crippen LogP contribution in [-0.2, 0) is 13.1 Å². The van der Waals surface area contributed by atoms with Crippen molar-refractivity contribution in [3.63, 3.8) is 0 Å². The first kappa shape index (κ1) is 11.9. The fourth-order valence-electron chi connectivity index (χ4n) is 1.66. The van der Waals surface area contributed by atoms with Crippen LogP contribution in [0, 0.1) is 5.82 Å². The van der Waals surface area contributed by atoms with Crippen LogP contribution < -0.4 is 5.69 Å². The van der Waals surface area contributed by atoms with E-state index in [1.54, 1.807) is 17.0 Å². The number of imidazole rings is 1. The third-order valence-corrected chi connectivity index (χ3v) is 2.98. The zero-order chi connectivity index (χ0) is 12.4. The number of benzene rings is 1. The number of nitrogens with zero attached hydrogens (tertiary/aromatic N) is 2. The average molecular weight is 255 g/mol. The van der Waals surface area contributed by atoms with Gasteiger partial charge in [0.2, 0.25) is 0 Å². The van der Waals surface area contributed by atoms with Crippen molar-refractivity contribution in [2.24, 2.45) is 0 Å². The standard InChI is InChI=1S/C12H12ClFN2O/c1-2-15-5-6-16(12(15)17)8-9-7-10(14)3-4-11(9)13/h3-7H,2,8H2,1H3. The number of aromatic nitrogens is 2. The van der Waals surface area contributed by atoms with Crippen molar-refractivity contribution < 1.29 is 4.39 Å². The molecule has 1 aromatic carbocycles. The van der Waals surface area contributed by atoms with Gasteiger partial charge in [-0.1, -0.05) is 11.6 Å². The molecule has 0 radical (unpaired) electrons. The lowest BCUT2D eigenvalue weighted by Crippen LogP contribution is -2.23. The van der Waals surface area contributed by atoms with Gasteiger partial charge in [0, 0.05) is 24.0 Å². The van der Waals surface area contributed by atoms with Crippen molar-refractivity contribution in [2.45, 2.75) is 20.0 Å². The molecule has 1 aromatic heterocycles. The van der Waals surface area contributed by atoms with Crippen LogP contribution in [0.25, 0.3) is 0 Å². The van der Waals surface area contributed by atoms with Crippen LogP contribution >= 0.6 is 11.6 Å². The molecule has 0 saturated heterocycles. The number of hydrogen-bond acceptors (Lipinski definition) is 1. The molecule has 0 unspecified atom stereocenters. The summed E-state index contributed by atoms with van der Waals surface area (Å²) in [4.78, 5) is 11.8. The first-order chi connectivity index (χ1) is 8.11. The second-order valence-electron chi connectivity index (χ2n) is 3.73. The third-order valence-electron chi connectivity index (χ3n) is 2.61. The van der Waals surface area contributed by atoms with E-state index >= 15 is 0 Å². The van der Waals surface area contributed by atoms with E-state index in [0.29, 0.717) is 17.1 Å². The molecule has 0 aliphatic heterocycles. The van der Waals surface area contributed by atoms with E-state index in [-0.39, 0.29) is 18.1 Å². The van der Waals surface area contributed by atoms with Crippen molar-refractivity contribution in [1.82, 2.24) is 9.13 Å². The van der Waals surface area contributed by atoms with Gasteiger partial charge < -0.3 is 0 Å². The number of rotatable bonds is 3. The molecule has 0 aliphatic carbocycles. The van der Waals surface area contributed by atoms with Gasteiger partial charge in [0.15, 0.2) is 0 Å². The first-order valence-corrected chi connectivity index (χ1v) is 5.69. The molecular weight excluding hydrogens is 243 g/mol. The Labute approximate surface area is 103 Å². The molecule has 3 nitrogen and oxygen atoms in total. The van der Waals surface area contributed by atoms with E-state index in [1.807, 2.05) is 6.92 Å². The molecule has 2 aromatic rings. The summed E-state index contributed by atoms with van der Waals surface area (Å²) in [6, 6.07) is 4.14. The van der Waals surface area contributed by atoms with Crippen molar-refractivity contribution in [2.75, 3.05) is 0 Å². The van der Waals surface area contributed by atoms with Crippen molar-refractivity contribution in [1.29, 1.82) is 0 Å². The van der Waals surface area contributed by atoms with Crippen LogP contribution in [0.3, 0.4) is 0 Å². The van der Waals surface area contributed by atoms with Gasteiger partial charge >= 0.3 is 5.69 Å². The first-order valence-electron chi connectivity index (χ1n) is 5.31. The van der Waals surface area contributed by atoms with E-state index in [4.69, 9.17) is 11.6 Å². The zero-order valence-corrected chi connectivity index (χ0v) is 10.1. The maximum Gasteiger partial charge on any atom is 0.328 e. The largest absolute Gasteiger partial charge is 0.328 e. The average Bonchev–Trinajstić information content (AvgIpc) is 2.65. The predicted octanol–water partition coefficient (Wildman–Crippen LogP) is 2.51. The Morgan fingerprint density at radius 1 is 1.29 bits per heavy atom. The SMILES string of the molecule is CCn1ccn(Cc2cc(F)ccc2Cl)c1=O. The van der Waals surface area contributed by atoms with E-state index in [0.717, 1.165) is 0 Å². The Balaban J connectivity index is 2.34. The van der Waals surface area contributed by atoms with Gasteiger partial charge in [0.1, 0.15) is 5.82 Å². The summed E-state index contributed by atoms with van der Waals surface area (Å²) < 4.78 is 16.2. The highest BCUT2D eigenvalue weighted by Crippen LogP contribution is 2.17. The smallest absolute Gasteiger partial charge is 0.300 e. The molecule has 0 aliphatic rings. The van der Waals surface area contributed by atoms with E-state index in [1.165, 1.54) is 22.8 Å². The molecule has 17 heavy (non-hydrogen) atoms. The quantitative estimate of drug-likeness (QED) is 0.827. The molecule has 0 saturated carbocycles. The van der Waals surface area contributed by atoms with Crippen LogP contribution in [-0.4, -0.2) is 9.13 Å². The van der Waals surface area contributed by atoms with Crippen molar-refractivity contribution >= 4 is 11.6 Å². The molecule has 5 heteroatoms. The van der Waals surface area contributed by atoms with Crippen LogP contribution in [0.1, 0.15) is 12.5 Å². The molecular formula is C12H12ClFN2O. The van der Waals surface area contributed by atoms with Gasteiger partial charge in [-0.25, -0.2) is 9.18 Å². The topological polar surface area (TPSA) is 26.9 Å². The molecule has 0 N–H and O–H groups in total. The monoisotopic (exact) mass is 254 g/mol. The number of hydrogen-bond donors (Lipinski definition) is 0. The van der Waals surface area contributed by atoms with E-state index < -0.39 is 0 Å². The maximum absolute atomic E-state index is 13.1. The Morgan fingerprint density at radius 2 is 2.00 bits per heavy atom. The molecule has 0 amide bonds. The highest BCUT2D eigenvalue weighted by molar-refractivity contribution is 6.31. The summed E-state index contributed by atoms with van der Waals surface area (Å²) in [5.41, 5.74) is 0.482. The normalized spacial score (nSPS) is 10.8. The number of aryl methyl sites for hydroxylation is 1. The Bertz CT molecular complexity index is 588. The summed E-state index contributed by atoms with van der Waals surface area (Å²) in [6.45, 7) is 2.78. The van der Waals surface area contributed by atoms with Crippen molar-refractivity contribution in [3.05, 3.63) is 57.5 Å². The maximum atomic E-state index is 13.1. The molecule has 0 fully saturated rings. The minimum absolute atomic E-state index is 0.118. The molecule has 0 atom stereocenters. The van der Waals surface area contributed by atoms with Gasteiger partial charge in [-0.15, -0.1) is 0 Å². The van der Waals surface area contributed by atoms with Gasteiger partial charge in [0.25, 0.3) is 0 Å². The second kappa shape index (κ2) is 4.75. The summed E-state index contributed by atoms with van der Waals surface area (Å²) >= 11 is 5.95. The minimum atomic E-state index is -0.354. The van der Waals surface area contributed by atoms with Crippen LogP contribution in [0.15, 0.2) is 35.4 Å². The zero-order valence-electron chi connectivity index (χ0n) is 9.36. The molecule has 0 spiro atoms.